The minimum Gasteiger partial charge on any atom is -0.476 e. The first-order valence-electron chi connectivity index (χ1n) is 7.22. The maximum absolute atomic E-state index is 11.9. The van der Waals surface area contributed by atoms with Gasteiger partial charge in [0.25, 0.3) is 6.01 Å². The van der Waals surface area contributed by atoms with E-state index in [0.29, 0.717) is 38.7 Å². The minimum absolute atomic E-state index is 0.00485. The van der Waals surface area contributed by atoms with E-state index in [0.717, 1.165) is 6.26 Å². The van der Waals surface area contributed by atoms with Crippen LogP contribution in [0.1, 0.15) is 31.3 Å². The molecule has 1 fully saturated rings. The molecule has 8 nitrogen and oxygen atoms in total. The lowest BCUT2D eigenvalue weighted by molar-refractivity contribution is -0.123. The maximum atomic E-state index is 11.9. The van der Waals surface area contributed by atoms with E-state index >= 15 is 0 Å². The number of anilines is 1. The van der Waals surface area contributed by atoms with Crippen molar-refractivity contribution in [1.29, 1.82) is 0 Å². The Balaban J connectivity index is 1.82. The molecule has 0 unspecified atom stereocenters. The molecule has 8 heteroatoms. The van der Waals surface area contributed by atoms with Crippen molar-refractivity contribution in [3.8, 4) is 0 Å². The van der Waals surface area contributed by atoms with Crippen molar-refractivity contribution >= 4 is 17.9 Å². The van der Waals surface area contributed by atoms with Crippen molar-refractivity contribution in [3.05, 3.63) is 12.0 Å². The fourth-order valence-corrected chi connectivity index (χ4v) is 2.27. The van der Waals surface area contributed by atoms with Crippen LogP contribution in [0.25, 0.3) is 0 Å². The van der Waals surface area contributed by atoms with Crippen LogP contribution >= 0.6 is 0 Å². The molecule has 0 aromatic carbocycles. The zero-order chi connectivity index (χ0) is 16.3. The summed E-state index contributed by atoms with van der Waals surface area (Å²) >= 11 is 0. The molecule has 1 aromatic heterocycles. The molecule has 2 rings (SSSR count). The van der Waals surface area contributed by atoms with E-state index in [1.54, 1.807) is 0 Å². The average molecular weight is 310 g/mol. The van der Waals surface area contributed by atoms with Gasteiger partial charge in [-0.3, -0.25) is 9.69 Å². The smallest absolute Gasteiger partial charge is 0.357 e. The molecule has 22 heavy (non-hydrogen) atoms. The monoisotopic (exact) mass is 310 g/mol. The Bertz CT molecular complexity index is 541. The lowest BCUT2D eigenvalue weighted by Crippen LogP contribution is -2.51. The number of aromatic carboxylic acids is 1. The zero-order valence-corrected chi connectivity index (χ0v) is 13.1. The number of oxazole rings is 1. The number of carboxylic acids is 1. The van der Waals surface area contributed by atoms with Gasteiger partial charge >= 0.3 is 5.97 Å². The molecular weight excluding hydrogens is 288 g/mol. The molecule has 1 aromatic rings. The topological polar surface area (TPSA) is 98.9 Å². The second-order valence-electron chi connectivity index (χ2n) is 6.38. The Morgan fingerprint density at radius 3 is 2.45 bits per heavy atom. The summed E-state index contributed by atoms with van der Waals surface area (Å²) in [6, 6.07) is 0.316. The lowest BCUT2D eigenvalue weighted by atomic mass is 10.1. The maximum Gasteiger partial charge on any atom is 0.357 e. The highest BCUT2D eigenvalue weighted by atomic mass is 16.4. The first-order valence-corrected chi connectivity index (χ1v) is 7.22. The first kappa shape index (κ1) is 16.3. The second kappa shape index (κ2) is 6.35. The molecular formula is C14H22N4O4. The van der Waals surface area contributed by atoms with E-state index in [-0.39, 0.29) is 17.1 Å². The van der Waals surface area contributed by atoms with Gasteiger partial charge in [-0.2, -0.15) is 4.98 Å². The number of nitrogens with zero attached hydrogens (tertiary/aromatic N) is 3. The molecule has 2 heterocycles. The van der Waals surface area contributed by atoms with Crippen molar-refractivity contribution in [3.63, 3.8) is 0 Å². The zero-order valence-electron chi connectivity index (χ0n) is 13.1. The van der Waals surface area contributed by atoms with Crippen molar-refractivity contribution in [1.82, 2.24) is 15.2 Å². The molecule has 0 spiro atoms. The summed E-state index contributed by atoms with van der Waals surface area (Å²) in [5.41, 5.74) is -0.327. The Kier molecular flexibility index (Phi) is 4.70. The Labute approximate surface area is 129 Å². The normalized spacial score (nSPS) is 16.6. The van der Waals surface area contributed by atoms with E-state index in [1.807, 2.05) is 25.7 Å². The second-order valence-corrected chi connectivity index (χ2v) is 6.38. The van der Waals surface area contributed by atoms with Gasteiger partial charge in [0.15, 0.2) is 5.69 Å². The van der Waals surface area contributed by atoms with Gasteiger partial charge in [0, 0.05) is 31.7 Å². The van der Waals surface area contributed by atoms with Crippen molar-refractivity contribution in [2.45, 2.75) is 26.3 Å². The first-order chi connectivity index (χ1) is 10.2. The van der Waals surface area contributed by atoms with Crippen LogP contribution in [-0.2, 0) is 4.79 Å². The molecule has 0 aliphatic carbocycles. The molecule has 1 amide bonds. The van der Waals surface area contributed by atoms with Gasteiger partial charge in [-0.15, -0.1) is 0 Å². The highest BCUT2D eigenvalue weighted by Gasteiger charge is 2.24. The molecule has 0 atom stereocenters. The van der Waals surface area contributed by atoms with Crippen molar-refractivity contribution in [2.75, 3.05) is 37.6 Å². The molecule has 0 saturated carbocycles. The number of amides is 1. The van der Waals surface area contributed by atoms with Crippen molar-refractivity contribution < 1.29 is 19.1 Å². The highest BCUT2D eigenvalue weighted by Crippen LogP contribution is 2.15. The van der Waals surface area contributed by atoms with Gasteiger partial charge in [-0.05, 0) is 20.8 Å². The molecule has 1 saturated heterocycles. The number of carbonyl (C=O) groups excluding carboxylic acids is 1. The summed E-state index contributed by atoms with van der Waals surface area (Å²) in [6.45, 7) is 8.88. The van der Waals surface area contributed by atoms with Gasteiger partial charge in [0.1, 0.15) is 6.26 Å². The molecule has 1 aliphatic rings. The van der Waals surface area contributed by atoms with E-state index in [1.165, 1.54) is 0 Å². The number of aromatic nitrogens is 1. The summed E-state index contributed by atoms with van der Waals surface area (Å²) < 4.78 is 5.18. The molecule has 1 aliphatic heterocycles. The number of carbonyl (C=O) groups is 2. The molecule has 2 N–H and O–H groups in total. The fraction of sp³-hybridized carbons (Fsp3) is 0.643. The molecule has 0 bridgehead atoms. The van der Waals surface area contributed by atoms with Crippen LogP contribution in [0.15, 0.2) is 10.7 Å². The third-order valence-electron chi connectivity index (χ3n) is 3.24. The number of carboxylic acid groups (broad SMARTS) is 1. The van der Waals surface area contributed by atoms with E-state index in [4.69, 9.17) is 9.52 Å². The third kappa shape index (κ3) is 4.45. The summed E-state index contributed by atoms with van der Waals surface area (Å²) in [5, 5.41) is 11.8. The quantitative estimate of drug-likeness (QED) is 0.831. The van der Waals surface area contributed by atoms with E-state index in [9.17, 15) is 9.59 Å². The van der Waals surface area contributed by atoms with Crippen LogP contribution in [0.3, 0.4) is 0 Å². The summed E-state index contributed by atoms with van der Waals surface area (Å²) in [4.78, 5) is 30.5. The summed E-state index contributed by atoms with van der Waals surface area (Å²) in [7, 11) is 0. The number of hydrogen-bond acceptors (Lipinski definition) is 6. The Morgan fingerprint density at radius 1 is 1.32 bits per heavy atom. The average Bonchev–Trinajstić information content (AvgIpc) is 2.87. The number of hydrogen-bond donors (Lipinski definition) is 2. The largest absolute Gasteiger partial charge is 0.476 e. The number of nitrogens with one attached hydrogen (secondary N) is 1. The molecule has 0 radical (unpaired) electrons. The van der Waals surface area contributed by atoms with Crippen LogP contribution in [0.5, 0.6) is 0 Å². The van der Waals surface area contributed by atoms with Crippen molar-refractivity contribution in [2.24, 2.45) is 0 Å². The number of rotatable bonds is 4. The Hall–Kier alpha value is -2.09. The lowest BCUT2D eigenvalue weighted by Gasteiger charge is -2.34. The van der Waals surface area contributed by atoms with Crippen LogP contribution < -0.4 is 10.2 Å². The van der Waals surface area contributed by atoms with Gasteiger partial charge in [-0.1, -0.05) is 0 Å². The summed E-state index contributed by atoms with van der Waals surface area (Å²) in [5.74, 6) is -1.10. The molecule has 122 valence electrons. The predicted molar refractivity (Wildman–Crippen MR) is 80.0 cm³/mol. The predicted octanol–water partition coefficient (Wildman–Crippen LogP) is 0.410. The minimum atomic E-state index is -1.10. The van der Waals surface area contributed by atoms with Gasteiger partial charge in [-0.25, -0.2) is 4.79 Å². The standard InChI is InChI=1S/C14H22N4O4/c1-14(2,3)16-11(19)8-17-4-6-18(7-5-17)13-15-10(9-22-13)12(20)21/h9H,4-8H2,1-3H3,(H,16,19)(H,20,21). The van der Waals surface area contributed by atoms with Gasteiger partial charge in [0.05, 0.1) is 6.54 Å². The summed E-state index contributed by atoms with van der Waals surface area (Å²) in [6.07, 6.45) is 1.14. The van der Waals surface area contributed by atoms with Crippen LogP contribution in [0, 0.1) is 0 Å². The highest BCUT2D eigenvalue weighted by molar-refractivity contribution is 5.85. The SMILES string of the molecule is CC(C)(C)NC(=O)CN1CCN(c2nc(C(=O)O)co2)CC1. The number of piperazine rings is 1. The van der Waals surface area contributed by atoms with Crippen LogP contribution in [-0.4, -0.2) is 65.1 Å². The van der Waals surface area contributed by atoms with Crippen LogP contribution in [0.4, 0.5) is 6.01 Å². The third-order valence-corrected chi connectivity index (χ3v) is 3.24. The van der Waals surface area contributed by atoms with E-state index in [2.05, 4.69) is 15.2 Å². The van der Waals surface area contributed by atoms with E-state index < -0.39 is 5.97 Å². The fourth-order valence-electron chi connectivity index (χ4n) is 2.27. The Morgan fingerprint density at radius 2 is 1.95 bits per heavy atom. The van der Waals surface area contributed by atoms with Crippen LogP contribution in [0.2, 0.25) is 0 Å². The van der Waals surface area contributed by atoms with Gasteiger partial charge in [0.2, 0.25) is 5.91 Å². The van der Waals surface area contributed by atoms with Gasteiger partial charge < -0.3 is 19.7 Å².